The molecule has 1 heterocycles. The van der Waals surface area contributed by atoms with E-state index < -0.39 is 11.8 Å². The maximum Gasteiger partial charge on any atom is 0.259 e. The van der Waals surface area contributed by atoms with Crippen molar-refractivity contribution in [1.82, 2.24) is 20.5 Å². The molecular formula is C23H24ClN5O5. The van der Waals surface area contributed by atoms with Crippen molar-refractivity contribution in [2.45, 2.75) is 6.92 Å². The van der Waals surface area contributed by atoms with Crippen LogP contribution >= 0.6 is 11.6 Å². The number of amides is 2. The van der Waals surface area contributed by atoms with Gasteiger partial charge in [0.05, 0.1) is 51.0 Å². The third kappa shape index (κ3) is 5.46. The molecule has 0 unspecified atom stereocenters. The summed E-state index contributed by atoms with van der Waals surface area (Å²) in [6, 6.07) is 12.4. The van der Waals surface area contributed by atoms with Crippen molar-refractivity contribution in [3.63, 3.8) is 0 Å². The second-order valence-corrected chi connectivity index (χ2v) is 7.29. The van der Waals surface area contributed by atoms with E-state index in [0.717, 1.165) is 5.69 Å². The molecule has 0 aliphatic carbocycles. The zero-order valence-corrected chi connectivity index (χ0v) is 19.8. The van der Waals surface area contributed by atoms with Gasteiger partial charge in [0, 0.05) is 5.56 Å². The standard InChI is InChI=1S/C23H24ClN5O5/c1-14-17(22(24)29(28-14)16-8-6-5-7-9-16)12-26-27-20(30)13-25-23(31)15-10-18(32-2)21(34-4)19(11-15)33-3/h5-12H,13H2,1-4H3,(H,25,31)(H,27,30)/b26-12+. The SMILES string of the molecule is COc1cc(C(=O)NCC(=O)N/N=C/c2c(C)nn(-c3ccccc3)c2Cl)cc(OC)c1OC. The summed E-state index contributed by atoms with van der Waals surface area (Å²) in [5.41, 5.74) is 4.60. The van der Waals surface area contributed by atoms with Crippen LogP contribution < -0.4 is 25.0 Å². The van der Waals surface area contributed by atoms with Gasteiger partial charge in [-0.15, -0.1) is 0 Å². The largest absolute Gasteiger partial charge is 0.493 e. The number of para-hydroxylation sites is 1. The number of hydrogen-bond acceptors (Lipinski definition) is 7. The van der Waals surface area contributed by atoms with Gasteiger partial charge in [0.1, 0.15) is 5.15 Å². The molecule has 178 valence electrons. The number of rotatable bonds is 9. The molecule has 0 radical (unpaired) electrons. The van der Waals surface area contributed by atoms with Gasteiger partial charge >= 0.3 is 0 Å². The molecule has 0 bridgehead atoms. The van der Waals surface area contributed by atoms with E-state index in [1.165, 1.54) is 39.7 Å². The zero-order chi connectivity index (χ0) is 24.7. The van der Waals surface area contributed by atoms with Gasteiger partial charge in [-0.2, -0.15) is 10.2 Å². The maximum atomic E-state index is 12.5. The van der Waals surface area contributed by atoms with E-state index in [1.54, 1.807) is 11.6 Å². The third-order valence-corrected chi connectivity index (χ3v) is 5.13. The predicted molar refractivity (Wildman–Crippen MR) is 127 cm³/mol. The summed E-state index contributed by atoms with van der Waals surface area (Å²) in [6.45, 7) is 1.48. The molecule has 10 nitrogen and oxygen atoms in total. The van der Waals surface area contributed by atoms with Crippen molar-refractivity contribution in [1.29, 1.82) is 0 Å². The molecule has 34 heavy (non-hydrogen) atoms. The van der Waals surface area contributed by atoms with Crippen LogP contribution in [-0.2, 0) is 4.79 Å². The number of hydrogen-bond donors (Lipinski definition) is 2. The molecule has 0 fully saturated rings. The summed E-state index contributed by atoms with van der Waals surface area (Å²) in [5.74, 6) is -0.0189. The monoisotopic (exact) mass is 485 g/mol. The number of aromatic nitrogens is 2. The van der Waals surface area contributed by atoms with E-state index in [0.29, 0.717) is 33.7 Å². The summed E-state index contributed by atoms with van der Waals surface area (Å²) < 4.78 is 17.3. The quantitative estimate of drug-likeness (QED) is 0.355. The molecule has 3 rings (SSSR count). The molecule has 0 aliphatic heterocycles. The van der Waals surface area contributed by atoms with Crippen LogP contribution in [0.15, 0.2) is 47.6 Å². The fraction of sp³-hybridized carbons (Fsp3) is 0.217. The molecule has 0 saturated carbocycles. The Morgan fingerprint density at radius 2 is 1.74 bits per heavy atom. The number of nitrogens with zero attached hydrogens (tertiary/aromatic N) is 3. The molecular weight excluding hydrogens is 462 g/mol. The van der Waals surface area contributed by atoms with E-state index in [9.17, 15) is 9.59 Å². The molecule has 0 spiro atoms. The normalized spacial score (nSPS) is 10.7. The minimum absolute atomic E-state index is 0.238. The van der Waals surface area contributed by atoms with Crippen LogP contribution in [-0.4, -0.2) is 55.7 Å². The maximum absolute atomic E-state index is 12.5. The zero-order valence-electron chi connectivity index (χ0n) is 19.1. The Labute approximate surface area is 201 Å². The Morgan fingerprint density at radius 1 is 1.09 bits per heavy atom. The average molecular weight is 486 g/mol. The first kappa shape index (κ1) is 24.6. The van der Waals surface area contributed by atoms with E-state index in [1.807, 2.05) is 30.3 Å². The summed E-state index contributed by atoms with van der Waals surface area (Å²) in [4.78, 5) is 24.6. The van der Waals surface area contributed by atoms with Crippen LogP contribution in [0.5, 0.6) is 17.2 Å². The van der Waals surface area contributed by atoms with Gasteiger partial charge in [-0.1, -0.05) is 29.8 Å². The lowest BCUT2D eigenvalue weighted by Gasteiger charge is -2.14. The number of methoxy groups -OCH3 is 3. The Balaban J connectivity index is 1.61. The topological polar surface area (TPSA) is 116 Å². The lowest BCUT2D eigenvalue weighted by Crippen LogP contribution is -2.35. The minimum Gasteiger partial charge on any atom is -0.493 e. The summed E-state index contributed by atoms with van der Waals surface area (Å²) >= 11 is 6.43. The Kier molecular flexibility index (Phi) is 8.10. The van der Waals surface area contributed by atoms with Crippen molar-refractivity contribution in [3.05, 3.63) is 64.4 Å². The molecule has 0 aliphatic rings. The average Bonchev–Trinajstić information content (AvgIpc) is 3.15. The highest BCUT2D eigenvalue weighted by atomic mass is 35.5. The van der Waals surface area contributed by atoms with Crippen molar-refractivity contribution >= 4 is 29.6 Å². The second-order valence-electron chi connectivity index (χ2n) is 6.93. The Hall–Kier alpha value is -4.05. The van der Waals surface area contributed by atoms with Gasteiger partial charge in [-0.3, -0.25) is 9.59 Å². The first-order chi connectivity index (χ1) is 16.4. The molecule has 0 saturated heterocycles. The van der Waals surface area contributed by atoms with Crippen molar-refractivity contribution in [2.75, 3.05) is 27.9 Å². The number of nitrogens with one attached hydrogen (secondary N) is 2. The highest BCUT2D eigenvalue weighted by Gasteiger charge is 2.17. The third-order valence-electron chi connectivity index (χ3n) is 4.77. The number of carbonyl (C=O) groups is 2. The first-order valence-electron chi connectivity index (χ1n) is 10.1. The van der Waals surface area contributed by atoms with Crippen molar-refractivity contribution < 1.29 is 23.8 Å². The van der Waals surface area contributed by atoms with Gasteiger partial charge in [0.15, 0.2) is 11.5 Å². The van der Waals surface area contributed by atoms with Gasteiger partial charge in [0.2, 0.25) is 5.75 Å². The first-order valence-corrected chi connectivity index (χ1v) is 10.5. The lowest BCUT2D eigenvalue weighted by atomic mass is 10.1. The van der Waals surface area contributed by atoms with Crippen LogP contribution in [0.1, 0.15) is 21.6 Å². The number of benzene rings is 2. The molecule has 11 heteroatoms. The fourth-order valence-electron chi connectivity index (χ4n) is 3.08. The molecule has 2 amide bonds. The highest BCUT2D eigenvalue weighted by molar-refractivity contribution is 6.32. The lowest BCUT2D eigenvalue weighted by molar-refractivity contribution is -0.120. The van der Waals surface area contributed by atoms with Gasteiger partial charge in [0.25, 0.3) is 11.8 Å². The van der Waals surface area contributed by atoms with Crippen LogP contribution in [0.25, 0.3) is 5.69 Å². The number of carbonyl (C=O) groups excluding carboxylic acids is 2. The number of aryl methyl sites for hydroxylation is 1. The highest BCUT2D eigenvalue weighted by Crippen LogP contribution is 2.38. The van der Waals surface area contributed by atoms with Crippen LogP contribution in [0.3, 0.4) is 0 Å². The fourth-order valence-corrected chi connectivity index (χ4v) is 3.40. The van der Waals surface area contributed by atoms with E-state index in [4.69, 9.17) is 25.8 Å². The van der Waals surface area contributed by atoms with Gasteiger partial charge in [-0.05, 0) is 31.2 Å². The molecule has 3 aromatic rings. The number of halogens is 1. The van der Waals surface area contributed by atoms with Crippen LogP contribution in [0, 0.1) is 6.92 Å². The molecule has 2 aromatic carbocycles. The smallest absolute Gasteiger partial charge is 0.259 e. The van der Waals surface area contributed by atoms with Crippen LogP contribution in [0.2, 0.25) is 5.15 Å². The number of ether oxygens (including phenoxy) is 3. The molecule has 2 N–H and O–H groups in total. The van der Waals surface area contributed by atoms with Crippen LogP contribution in [0.4, 0.5) is 0 Å². The van der Waals surface area contributed by atoms with E-state index >= 15 is 0 Å². The van der Waals surface area contributed by atoms with E-state index in [2.05, 4.69) is 20.9 Å². The molecule has 1 aromatic heterocycles. The summed E-state index contributed by atoms with van der Waals surface area (Å²) in [7, 11) is 4.36. The second kappa shape index (κ2) is 11.2. The summed E-state index contributed by atoms with van der Waals surface area (Å²) in [5, 5.41) is 11.2. The Morgan fingerprint density at radius 3 is 2.32 bits per heavy atom. The predicted octanol–water partition coefficient (Wildman–Crippen LogP) is 2.74. The van der Waals surface area contributed by atoms with Gasteiger partial charge < -0.3 is 19.5 Å². The van der Waals surface area contributed by atoms with Crippen molar-refractivity contribution in [3.8, 4) is 22.9 Å². The number of hydrazone groups is 1. The Bertz CT molecular complexity index is 1180. The summed E-state index contributed by atoms with van der Waals surface area (Å²) in [6.07, 6.45) is 1.41. The van der Waals surface area contributed by atoms with Crippen molar-refractivity contribution in [2.24, 2.45) is 5.10 Å². The van der Waals surface area contributed by atoms with E-state index in [-0.39, 0.29) is 12.1 Å². The minimum atomic E-state index is -0.527. The molecule has 0 atom stereocenters. The van der Waals surface area contributed by atoms with Gasteiger partial charge in [-0.25, -0.2) is 10.1 Å².